The van der Waals surface area contributed by atoms with Gasteiger partial charge in [0.05, 0.1) is 18.6 Å². The average molecular weight is 333 g/mol. The van der Waals surface area contributed by atoms with Gasteiger partial charge in [0, 0.05) is 0 Å². The van der Waals surface area contributed by atoms with Gasteiger partial charge in [0.15, 0.2) is 5.81 Å². The Bertz CT molecular complexity index is 565. The Labute approximate surface area is 141 Å². The number of aliphatic hydroxyl groups is 1. The number of aliphatic carboxylic acids is 1. The van der Waals surface area contributed by atoms with Crippen LogP contribution in [0.3, 0.4) is 0 Å². The number of carboxylic acid groups (broad SMARTS) is 1. The van der Waals surface area contributed by atoms with E-state index in [9.17, 15) is 19.5 Å². The summed E-state index contributed by atoms with van der Waals surface area (Å²) in [5.74, 6) is -3.55. The van der Waals surface area contributed by atoms with Crippen LogP contribution >= 0.6 is 0 Å². The molecule has 1 aromatic rings. The fraction of sp³-hybridized carbons (Fsp3) is 0.438. The minimum absolute atomic E-state index is 0.102. The number of hydrogen-bond acceptors (Lipinski definition) is 5. The van der Waals surface area contributed by atoms with Crippen molar-refractivity contribution in [3.8, 4) is 0 Å². The molecule has 0 saturated carbocycles. The van der Waals surface area contributed by atoms with Gasteiger partial charge < -0.3 is 20.3 Å². The molecule has 0 aliphatic carbocycles. The maximum atomic E-state index is 11.8. The number of carbonyl (C=O) groups is 3. The average Bonchev–Trinajstić information content (AvgIpc) is 2.52. The first-order valence-electron chi connectivity index (χ1n) is 7.47. The van der Waals surface area contributed by atoms with Gasteiger partial charge in [-0.2, -0.15) is 0 Å². The molecule has 1 amide bonds. The molecular formula is C16H20BNO6. The van der Waals surface area contributed by atoms with Crippen molar-refractivity contribution < 1.29 is 29.3 Å². The number of amides is 1. The predicted octanol–water partition coefficient (Wildman–Crippen LogP) is 0.491. The molecule has 0 aliphatic rings. The Balaban J connectivity index is 2.61. The monoisotopic (exact) mass is 333 g/mol. The zero-order valence-corrected chi connectivity index (χ0v) is 13.3. The second-order valence-corrected chi connectivity index (χ2v) is 5.45. The van der Waals surface area contributed by atoms with Crippen LogP contribution < -0.4 is 5.32 Å². The van der Waals surface area contributed by atoms with Gasteiger partial charge in [-0.15, -0.1) is 0 Å². The summed E-state index contributed by atoms with van der Waals surface area (Å²) in [5.41, 5.74) is 0.868. The number of esters is 1. The summed E-state index contributed by atoms with van der Waals surface area (Å²) in [6.45, 7) is 0.887. The van der Waals surface area contributed by atoms with Crippen LogP contribution in [0.25, 0.3) is 0 Å². The van der Waals surface area contributed by atoms with E-state index in [1.807, 2.05) is 35.6 Å². The van der Waals surface area contributed by atoms with E-state index in [4.69, 9.17) is 17.7 Å². The van der Waals surface area contributed by atoms with Crippen LogP contribution in [0, 0.1) is 5.92 Å². The van der Waals surface area contributed by atoms with Gasteiger partial charge in [-0.1, -0.05) is 30.3 Å². The fourth-order valence-electron chi connectivity index (χ4n) is 2.25. The lowest BCUT2D eigenvalue weighted by atomic mass is 9.94. The van der Waals surface area contributed by atoms with Crippen LogP contribution in [0.1, 0.15) is 18.9 Å². The lowest BCUT2D eigenvalue weighted by Crippen LogP contribution is -2.45. The zero-order valence-electron chi connectivity index (χ0n) is 13.3. The van der Waals surface area contributed by atoms with E-state index in [1.54, 1.807) is 6.92 Å². The minimum Gasteiger partial charge on any atom is -0.481 e. The van der Waals surface area contributed by atoms with Crippen LogP contribution in [0.2, 0.25) is 0 Å². The number of hydrogen-bond donors (Lipinski definition) is 3. The Morgan fingerprint density at radius 2 is 1.88 bits per heavy atom. The molecule has 1 aromatic carbocycles. The van der Waals surface area contributed by atoms with Crippen molar-refractivity contribution in [3.05, 3.63) is 35.9 Å². The molecule has 7 nitrogen and oxygen atoms in total. The van der Waals surface area contributed by atoms with Crippen LogP contribution in [0.15, 0.2) is 30.3 Å². The molecule has 1 rings (SSSR count). The lowest BCUT2D eigenvalue weighted by Gasteiger charge is -2.21. The molecule has 128 valence electrons. The highest BCUT2D eigenvalue weighted by Gasteiger charge is 2.26. The van der Waals surface area contributed by atoms with Gasteiger partial charge in [-0.05, 0) is 25.3 Å². The third-order valence-electron chi connectivity index (χ3n) is 3.39. The molecule has 3 unspecified atom stereocenters. The maximum absolute atomic E-state index is 11.8. The molecule has 8 heteroatoms. The predicted molar refractivity (Wildman–Crippen MR) is 86.6 cm³/mol. The second-order valence-electron chi connectivity index (χ2n) is 5.45. The van der Waals surface area contributed by atoms with E-state index in [2.05, 4.69) is 0 Å². The summed E-state index contributed by atoms with van der Waals surface area (Å²) < 4.78 is 5.09. The quantitative estimate of drug-likeness (QED) is 0.448. The van der Waals surface area contributed by atoms with Crippen molar-refractivity contribution in [2.24, 2.45) is 5.92 Å². The van der Waals surface area contributed by atoms with E-state index >= 15 is 0 Å². The minimum atomic E-state index is -1.28. The third kappa shape index (κ3) is 6.83. The highest BCUT2D eigenvalue weighted by Crippen LogP contribution is 2.17. The fourth-order valence-corrected chi connectivity index (χ4v) is 2.25. The SMILES string of the molecule is [B]C(=O)NC(CO)C(=O)OC(C)CC(Cc1ccccc1)C(=O)O. The maximum Gasteiger partial charge on any atom is 0.331 e. The van der Waals surface area contributed by atoms with Gasteiger partial charge >= 0.3 is 11.9 Å². The topological polar surface area (TPSA) is 113 Å². The largest absolute Gasteiger partial charge is 0.481 e. The standard InChI is InChI=1S/C16H20BNO6/c1-10(24-15(22)13(9-19)18-16(17)23)7-12(14(20)21)8-11-5-3-2-4-6-11/h2-6,10,12-13,19H,7-9H2,1H3,(H,18,23)(H,20,21). The molecule has 0 aliphatic heterocycles. The number of carbonyl (C=O) groups excluding carboxylic acids is 2. The number of aliphatic hydroxyl groups excluding tert-OH is 1. The molecule has 0 bridgehead atoms. The Hall–Kier alpha value is -2.35. The molecule has 0 aromatic heterocycles. The summed E-state index contributed by atoms with van der Waals surface area (Å²) >= 11 is 0. The van der Waals surface area contributed by atoms with Crippen molar-refractivity contribution in [2.45, 2.75) is 31.9 Å². The Morgan fingerprint density at radius 3 is 2.38 bits per heavy atom. The zero-order chi connectivity index (χ0) is 18.1. The molecule has 0 spiro atoms. The van der Waals surface area contributed by atoms with Gasteiger partial charge in [0.25, 0.3) is 0 Å². The number of benzene rings is 1. The summed E-state index contributed by atoms with van der Waals surface area (Å²) in [5, 5.41) is 20.4. The number of rotatable bonds is 9. The third-order valence-corrected chi connectivity index (χ3v) is 3.39. The molecule has 24 heavy (non-hydrogen) atoms. The van der Waals surface area contributed by atoms with E-state index in [-0.39, 0.29) is 6.42 Å². The molecule has 3 N–H and O–H groups in total. The van der Waals surface area contributed by atoms with E-state index in [0.717, 1.165) is 5.56 Å². The second kappa shape index (κ2) is 9.72. The molecular weight excluding hydrogens is 313 g/mol. The summed E-state index contributed by atoms with van der Waals surface area (Å²) in [6, 6.07) is 7.85. The smallest absolute Gasteiger partial charge is 0.331 e. The first kappa shape index (κ1) is 19.7. The van der Waals surface area contributed by atoms with E-state index in [1.165, 1.54) is 0 Å². The van der Waals surface area contributed by atoms with Crippen molar-refractivity contribution in [3.63, 3.8) is 0 Å². The van der Waals surface area contributed by atoms with Gasteiger partial charge in [-0.3, -0.25) is 9.59 Å². The number of nitrogens with one attached hydrogen (secondary N) is 1. The van der Waals surface area contributed by atoms with E-state index < -0.39 is 42.4 Å². The number of carboxylic acids is 1. The normalized spacial score (nSPS) is 14.2. The van der Waals surface area contributed by atoms with Crippen molar-refractivity contribution in [1.82, 2.24) is 5.32 Å². The van der Waals surface area contributed by atoms with Gasteiger partial charge in [0.1, 0.15) is 6.04 Å². The molecule has 3 atom stereocenters. The van der Waals surface area contributed by atoms with Crippen molar-refractivity contribution >= 4 is 25.6 Å². The lowest BCUT2D eigenvalue weighted by molar-refractivity contribution is -0.155. The van der Waals surface area contributed by atoms with Crippen molar-refractivity contribution in [2.75, 3.05) is 6.61 Å². The van der Waals surface area contributed by atoms with Crippen LogP contribution in [-0.4, -0.2) is 54.6 Å². The molecule has 0 saturated heterocycles. The van der Waals surface area contributed by atoms with Crippen LogP contribution in [0.4, 0.5) is 4.79 Å². The van der Waals surface area contributed by atoms with E-state index in [0.29, 0.717) is 6.42 Å². The summed E-state index contributed by atoms with van der Waals surface area (Å²) in [4.78, 5) is 34.0. The molecule has 0 fully saturated rings. The first-order valence-corrected chi connectivity index (χ1v) is 7.47. The summed E-state index contributed by atoms with van der Waals surface area (Å²) in [6.07, 6.45) is -0.294. The highest BCUT2D eigenvalue weighted by molar-refractivity contribution is 6.57. The molecule has 0 heterocycles. The molecule has 2 radical (unpaired) electrons. The number of ether oxygens (including phenoxy) is 1. The Kier molecular flexibility index (Phi) is 7.98. The van der Waals surface area contributed by atoms with Gasteiger partial charge in [0.2, 0.25) is 7.85 Å². The van der Waals surface area contributed by atoms with Crippen molar-refractivity contribution in [1.29, 1.82) is 0 Å². The van der Waals surface area contributed by atoms with Crippen LogP contribution in [-0.2, 0) is 20.7 Å². The van der Waals surface area contributed by atoms with Gasteiger partial charge in [-0.25, -0.2) is 4.79 Å². The Morgan fingerprint density at radius 1 is 1.25 bits per heavy atom. The van der Waals surface area contributed by atoms with Crippen LogP contribution in [0.5, 0.6) is 0 Å². The first-order chi connectivity index (χ1) is 11.3. The summed E-state index contributed by atoms with van der Waals surface area (Å²) in [7, 11) is 4.90. The highest BCUT2D eigenvalue weighted by atomic mass is 16.5.